The number of hydrogen-bond acceptors (Lipinski definition) is 8. The smallest absolute Gasteiger partial charge is 0.219 e. The molecule has 6 nitrogen and oxygen atoms in total. The van der Waals surface area contributed by atoms with Gasteiger partial charge in [0.1, 0.15) is 5.82 Å². The zero-order valence-electron chi connectivity index (χ0n) is 20.2. The highest BCUT2D eigenvalue weighted by Gasteiger charge is 2.45. The Morgan fingerprint density at radius 3 is 2.65 bits per heavy atom. The average Bonchev–Trinajstić information content (AvgIpc) is 3.30. The summed E-state index contributed by atoms with van der Waals surface area (Å²) >= 11 is 15.7. The number of halogens is 2. The molecule has 2 aromatic carbocycles. The van der Waals surface area contributed by atoms with Gasteiger partial charge >= 0.3 is 0 Å². The molecular weight excluding hydrogens is 545 g/mol. The van der Waals surface area contributed by atoms with Crippen LogP contribution in [0.4, 0.5) is 5.13 Å². The second-order valence-electron chi connectivity index (χ2n) is 9.77. The lowest BCUT2D eigenvalue weighted by atomic mass is 9.68. The average molecular weight is 569 g/mol. The van der Waals surface area contributed by atoms with Gasteiger partial charge in [0, 0.05) is 33.5 Å². The van der Waals surface area contributed by atoms with Crippen LogP contribution in [0.15, 0.2) is 75.5 Å². The summed E-state index contributed by atoms with van der Waals surface area (Å²) in [7, 11) is 0. The fourth-order valence-corrected chi connectivity index (χ4v) is 7.20. The van der Waals surface area contributed by atoms with E-state index in [1.807, 2.05) is 18.2 Å². The van der Waals surface area contributed by atoms with Gasteiger partial charge in [-0.25, -0.2) is 0 Å². The van der Waals surface area contributed by atoms with Crippen molar-refractivity contribution in [3.63, 3.8) is 0 Å². The van der Waals surface area contributed by atoms with E-state index in [1.165, 1.54) is 16.9 Å². The Morgan fingerprint density at radius 1 is 1.19 bits per heavy atom. The lowest BCUT2D eigenvalue weighted by Crippen LogP contribution is -2.42. The van der Waals surface area contributed by atoms with E-state index in [2.05, 4.69) is 42.2 Å². The third kappa shape index (κ3) is 5.01. The number of aromatic nitrogens is 2. The second-order valence-corrected chi connectivity index (χ2v) is 12.8. The fourth-order valence-electron chi connectivity index (χ4n) is 4.84. The number of allylic oxidation sites excluding steroid dienone is 3. The van der Waals surface area contributed by atoms with E-state index in [1.54, 1.807) is 34.9 Å². The molecule has 1 aliphatic heterocycles. The molecular formula is C27H23Cl2N5OS2. The van der Waals surface area contributed by atoms with Gasteiger partial charge < -0.3 is 5.73 Å². The largest absolute Gasteiger partial charge is 0.384 e. The first kappa shape index (κ1) is 25.8. The molecule has 1 aromatic heterocycles. The van der Waals surface area contributed by atoms with Gasteiger partial charge in [0.05, 0.1) is 17.6 Å². The third-order valence-corrected chi connectivity index (χ3v) is 9.12. The van der Waals surface area contributed by atoms with Crippen molar-refractivity contribution in [2.24, 2.45) is 11.1 Å². The van der Waals surface area contributed by atoms with Crippen LogP contribution in [0.5, 0.6) is 0 Å². The Morgan fingerprint density at radius 2 is 1.95 bits per heavy atom. The highest BCUT2D eigenvalue weighted by atomic mass is 35.5. The summed E-state index contributed by atoms with van der Waals surface area (Å²) in [5.74, 6) is 0.277. The summed E-state index contributed by atoms with van der Waals surface area (Å²) in [5.41, 5.74) is 9.73. The minimum atomic E-state index is -0.676. The summed E-state index contributed by atoms with van der Waals surface area (Å²) < 4.78 is 0.775. The van der Waals surface area contributed by atoms with Crippen LogP contribution in [-0.4, -0.2) is 16.0 Å². The van der Waals surface area contributed by atoms with E-state index >= 15 is 0 Å². The van der Waals surface area contributed by atoms with E-state index in [4.69, 9.17) is 28.9 Å². The van der Waals surface area contributed by atoms with Crippen molar-refractivity contribution in [2.45, 2.75) is 42.7 Å². The van der Waals surface area contributed by atoms with Crippen molar-refractivity contribution in [1.29, 1.82) is 5.26 Å². The van der Waals surface area contributed by atoms with Gasteiger partial charge in [0.25, 0.3) is 0 Å². The predicted octanol–water partition coefficient (Wildman–Crippen LogP) is 7.08. The molecule has 2 aliphatic rings. The van der Waals surface area contributed by atoms with Crippen molar-refractivity contribution in [2.75, 3.05) is 4.90 Å². The maximum Gasteiger partial charge on any atom is 0.219 e. The Hall–Kier alpha value is -2.83. The Bertz CT molecular complexity index is 1490. The molecule has 1 atom stereocenters. The highest BCUT2D eigenvalue weighted by molar-refractivity contribution is 8.00. The Kier molecular flexibility index (Phi) is 7.08. The van der Waals surface area contributed by atoms with Gasteiger partial charge in [0.2, 0.25) is 5.13 Å². The summed E-state index contributed by atoms with van der Waals surface area (Å²) in [4.78, 5) is 15.4. The van der Waals surface area contributed by atoms with Crippen LogP contribution >= 0.6 is 46.3 Å². The molecule has 0 spiro atoms. The molecule has 37 heavy (non-hydrogen) atoms. The van der Waals surface area contributed by atoms with Crippen molar-refractivity contribution in [3.8, 4) is 6.07 Å². The van der Waals surface area contributed by atoms with Crippen LogP contribution < -0.4 is 10.6 Å². The second kappa shape index (κ2) is 10.1. The molecule has 10 heteroatoms. The molecule has 3 aromatic rings. The number of Topliss-reactive ketones (excluding diaryl/α,β-unsaturated/α-hetero) is 1. The molecule has 2 heterocycles. The van der Waals surface area contributed by atoms with Gasteiger partial charge in [-0.05, 0) is 35.1 Å². The molecule has 2 N–H and O–H groups in total. The number of thioether (sulfide) groups is 1. The first-order valence-electron chi connectivity index (χ1n) is 11.6. The van der Waals surface area contributed by atoms with Crippen molar-refractivity contribution in [3.05, 3.63) is 92.4 Å². The van der Waals surface area contributed by atoms with E-state index < -0.39 is 5.92 Å². The van der Waals surface area contributed by atoms with Crippen LogP contribution in [0.25, 0.3) is 0 Å². The number of nitrogens with two attached hydrogens (primary N) is 1. The summed E-state index contributed by atoms with van der Waals surface area (Å²) in [6.45, 7) is 4.11. The minimum absolute atomic E-state index is 0.0318. The van der Waals surface area contributed by atoms with Gasteiger partial charge in [-0.15, -0.1) is 10.2 Å². The normalized spacial score (nSPS) is 19.2. The van der Waals surface area contributed by atoms with Crippen molar-refractivity contribution < 1.29 is 4.79 Å². The van der Waals surface area contributed by atoms with Gasteiger partial charge in [0.15, 0.2) is 10.1 Å². The zero-order chi connectivity index (χ0) is 26.3. The number of carbonyl (C=O) groups is 1. The molecule has 0 bridgehead atoms. The SMILES string of the molecule is CC1(C)CC(=O)C2=C(C1)N(c1nnc(SCc3ccccc3)s1)C(N)=C(C#N)C2c1ccc(Cl)cc1Cl. The van der Waals surface area contributed by atoms with Crippen LogP contribution in [0, 0.1) is 16.7 Å². The molecule has 1 unspecified atom stereocenters. The van der Waals surface area contributed by atoms with Crippen molar-refractivity contribution >= 4 is 57.2 Å². The topological polar surface area (TPSA) is 95.9 Å². The molecule has 0 radical (unpaired) electrons. The van der Waals surface area contributed by atoms with Crippen LogP contribution in [-0.2, 0) is 10.5 Å². The number of hydrogen-bond donors (Lipinski definition) is 1. The van der Waals surface area contributed by atoms with E-state index in [0.29, 0.717) is 39.2 Å². The maximum atomic E-state index is 13.7. The number of rotatable bonds is 5. The number of anilines is 1. The summed E-state index contributed by atoms with van der Waals surface area (Å²) in [6.07, 6.45) is 0.940. The maximum absolute atomic E-state index is 13.7. The van der Waals surface area contributed by atoms with Gasteiger partial charge in [-0.2, -0.15) is 5.26 Å². The highest BCUT2D eigenvalue weighted by Crippen LogP contribution is 2.51. The molecule has 1 aliphatic carbocycles. The molecule has 0 saturated carbocycles. The lowest BCUT2D eigenvalue weighted by Gasteiger charge is -2.42. The summed E-state index contributed by atoms with van der Waals surface area (Å²) in [6, 6.07) is 17.5. The van der Waals surface area contributed by atoms with Crippen molar-refractivity contribution in [1.82, 2.24) is 10.2 Å². The molecule has 188 valence electrons. The monoisotopic (exact) mass is 567 g/mol. The predicted molar refractivity (Wildman–Crippen MR) is 149 cm³/mol. The zero-order valence-corrected chi connectivity index (χ0v) is 23.3. The van der Waals surface area contributed by atoms with E-state index in [0.717, 1.165) is 15.8 Å². The Balaban J connectivity index is 1.60. The number of nitrogens with zero attached hydrogens (tertiary/aromatic N) is 4. The minimum Gasteiger partial charge on any atom is -0.384 e. The van der Waals surface area contributed by atoms with E-state index in [-0.39, 0.29) is 22.6 Å². The first-order valence-corrected chi connectivity index (χ1v) is 14.2. The summed E-state index contributed by atoms with van der Waals surface area (Å²) in [5, 5.41) is 20.4. The molecule has 0 saturated heterocycles. The number of benzene rings is 2. The fraction of sp³-hybridized carbons (Fsp3) is 0.259. The van der Waals surface area contributed by atoms with Crippen LogP contribution in [0.3, 0.4) is 0 Å². The quantitative estimate of drug-likeness (QED) is 0.329. The number of nitriles is 1. The van der Waals surface area contributed by atoms with E-state index in [9.17, 15) is 10.1 Å². The first-order chi connectivity index (χ1) is 17.7. The molecule has 5 rings (SSSR count). The Labute approximate surface area is 233 Å². The van der Waals surface area contributed by atoms with Crippen LogP contribution in [0.2, 0.25) is 10.0 Å². The molecule has 0 fully saturated rings. The number of carbonyl (C=O) groups excluding carboxylic acids is 1. The molecule has 0 amide bonds. The van der Waals surface area contributed by atoms with Gasteiger partial charge in [-0.3, -0.25) is 9.69 Å². The third-order valence-electron chi connectivity index (χ3n) is 6.45. The number of ketones is 1. The van der Waals surface area contributed by atoms with Crippen LogP contribution in [0.1, 0.15) is 43.7 Å². The van der Waals surface area contributed by atoms with Gasteiger partial charge in [-0.1, -0.05) is 96.5 Å². The standard InChI is InChI=1S/C27H23Cl2N5OS2/c1-27(2)11-20-23(21(35)12-27)22(17-9-8-16(28)10-19(17)29)18(13-30)24(31)34(20)25-32-33-26(37-25)36-14-15-6-4-3-5-7-15/h3-10,22H,11-12,14,31H2,1-2H3. The lowest BCUT2D eigenvalue weighted by molar-refractivity contribution is -0.118.